The monoisotopic (exact) mass is 762 g/mol. The third kappa shape index (κ3) is 3.24. The van der Waals surface area contributed by atoms with Crippen LogP contribution in [0.2, 0.25) is 0 Å². The van der Waals surface area contributed by atoms with Gasteiger partial charge in [0, 0.05) is 8.95 Å². The van der Waals surface area contributed by atoms with Crippen molar-refractivity contribution in [2.24, 2.45) is 0 Å². The smallest absolute Gasteiger partial charge is 0.0664 e. The molecule has 0 bridgehead atoms. The van der Waals surface area contributed by atoms with Crippen LogP contribution in [-0.4, -0.2) is 13.4 Å². The fourth-order valence-electron chi connectivity index (χ4n) is 10.9. The Bertz CT molecular complexity index is 2720. The Kier molecular flexibility index (Phi) is 5.37. The molecule has 0 saturated carbocycles. The maximum absolute atomic E-state index is 3.97. The first-order chi connectivity index (χ1) is 24.3. The van der Waals surface area contributed by atoms with Gasteiger partial charge >= 0.3 is 0 Å². The maximum atomic E-state index is 3.97. The van der Waals surface area contributed by atoms with Crippen LogP contribution in [0.15, 0.2) is 106 Å². The highest BCUT2D eigenvalue weighted by Gasteiger charge is 2.44. The molecule has 4 heteroatoms. The zero-order valence-corrected chi connectivity index (χ0v) is 31.5. The fraction of sp³-hybridized carbons (Fsp3) is 0.130. The van der Waals surface area contributed by atoms with E-state index in [1.54, 1.807) is 0 Å². The average Bonchev–Trinajstić information content (AvgIpc) is 3.62. The van der Waals surface area contributed by atoms with Gasteiger partial charge in [-0.2, -0.15) is 0 Å². The van der Waals surface area contributed by atoms with Crippen LogP contribution in [0.5, 0.6) is 0 Å². The molecule has 0 nitrogen and oxygen atoms in total. The molecule has 0 atom stereocenters. The third-order valence-corrected chi connectivity index (χ3v) is 13.6. The Morgan fingerprint density at radius 2 is 0.780 bits per heavy atom. The van der Waals surface area contributed by atoms with Crippen molar-refractivity contribution in [2.45, 2.75) is 39.5 Å². The molecule has 50 heavy (non-hydrogen) atoms. The first-order valence-corrected chi connectivity index (χ1v) is 19.6. The van der Waals surface area contributed by atoms with E-state index in [1.807, 2.05) is 0 Å². The normalized spacial score (nSPS) is 14.1. The van der Waals surface area contributed by atoms with E-state index < -0.39 is 0 Å². The lowest BCUT2D eigenvalue weighted by molar-refractivity contribution is 0.876. The van der Waals surface area contributed by atoms with Gasteiger partial charge in [-0.25, -0.2) is 0 Å². The molecule has 0 saturated heterocycles. The average molecular weight is 764 g/mol. The lowest BCUT2D eigenvalue weighted by atomic mass is 9.34. The van der Waals surface area contributed by atoms with Crippen LogP contribution in [0.1, 0.15) is 50.7 Å². The van der Waals surface area contributed by atoms with E-state index in [0.29, 0.717) is 11.8 Å². The Hall–Kier alpha value is -4.11. The van der Waals surface area contributed by atoms with Crippen LogP contribution >= 0.6 is 31.9 Å². The maximum Gasteiger partial charge on any atom is 0.244 e. The summed E-state index contributed by atoms with van der Waals surface area (Å²) in [6.45, 7) is 10.00. The summed E-state index contributed by atoms with van der Waals surface area (Å²) < 4.78 is 2.31. The van der Waals surface area contributed by atoms with Crippen LogP contribution < -0.4 is 32.8 Å². The van der Waals surface area contributed by atoms with Crippen molar-refractivity contribution < 1.29 is 0 Å². The van der Waals surface area contributed by atoms with E-state index in [9.17, 15) is 0 Å². The quantitative estimate of drug-likeness (QED) is 0.122. The largest absolute Gasteiger partial charge is 0.244 e. The standard InChI is InChI=1S/C46H30B2Br2/c1-21(2)27-17-29-35-15-23(49)13-33-25-9-6-8-12-38(25)48(45(33)35)40-20-32-28(22(3)4)18-30-36-16-24(50)14-34-26-10-5-7-11-37(26)47(46(34)36)39-19-31(27)43(41(29)40)44(32)42(30)39/h5-22H,1-4H3. The van der Waals surface area contributed by atoms with Gasteiger partial charge in [0.2, 0.25) is 13.4 Å². The predicted octanol–water partition coefficient (Wildman–Crippen LogP) is 9.31. The van der Waals surface area contributed by atoms with Gasteiger partial charge in [-0.05, 0) is 136 Å². The molecular formula is C46H30B2Br2. The molecule has 234 valence electrons. The second-order valence-electron chi connectivity index (χ2n) is 15.7. The SMILES string of the molecule is CC(C)c1cc2c3c(cc4c(C(C)C)cc5c6c(cc1c3c46)B1c3ccccc3-c3cc(Br)cc-5c31)B1c3ccccc3-c3cc(Br)cc-2c31. The van der Waals surface area contributed by atoms with Crippen LogP contribution in [0.3, 0.4) is 0 Å². The summed E-state index contributed by atoms with van der Waals surface area (Å²) in [5.41, 5.74) is 22.8. The molecule has 0 aliphatic carbocycles. The van der Waals surface area contributed by atoms with Gasteiger partial charge in [0.15, 0.2) is 0 Å². The molecule has 0 N–H and O–H groups in total. The van der Waals surface area contributed by atoms with Crippen molar-refractivity contribution in [3.63, 3.8) is 0 Å². The molecule has 0 unspecified atom stereocenters. The number of benzene rings is 8. The molecule has 0 fully saturated rings. The summed E-state index contributed by atoms with van der Waals surface area (Å²) in [4.78, 5) is 0. The Morgan fingerprint density at radius 1 is 0.400 bits per heavy atom. The van der Waals surface area contributed by atoms with Gasteiger partial charge < -0.3 is 0 Å². The third-order valence-electron chi connectivity index (χ3n) is 12.7. The number of halogens is 2. The highest BCUT2D eigenvalue weighted by Crippen LogP contribution is 2.50. The van der Waals surface area contributed by atoms with Crippen molar-refractivity contribution in [3.8, 4) is 44.5 Å². The molecule has 0 radical (unpaired) electrons. The summed E-state index contributed by atoms with van der Waals surface area (Å²) in [6, 6.07) is 38.3. The van der Waals surface area contributed by atoms with Crippen LogP contribution in [0.4, 0.5) is 0 Å². The molecule has 12 rings (SSSR count). The van der Waals surface area contributed by atoms with Crippen molar-refractivity contribution in [3.05, 3.63) is 117 Å². The van der Waals surface area contributed by atoms with Crippen molar-refractivity contribution in [2.75, 3.05) is 0 Å². The topological polar surface area (TPSA) is 0 Å². The number of rotatable bonds is 2. The van der Waals surface area contributed by atoms with E-state index in [2.05, 4.69) is 157 Å². The summed E-state index contributed by atoms with van der Waals surface area (Å²) >= 11 is 7.93. The van der Waals surface area contributed by atoms with Gasteiger partial charge in [-0.3, -0.25) is 0 Å². The first kappa shape index (κ1) is 28.6. The van der Waals surface area contributed by atoms with Crippen molar-refractivity contribution in [1.82, 2.24) is 0 Å². The van der Waals surface area contributed by atoms with Crippen LogP contribution in [-0.2, 0) is 0 Å². The zero-order valence-electron chi connectivity index (χ0n) is 28.3. The van der Waals surface area contributed by atoms with Gasteiger partial charge in [0.1, 0.15) is 0 Å². The minimum Gasteiger partial charge on any atom is -0.0664 e. The molecule has 0 spiro atoms. The molecule has 0 amide bonds. The molecule has 4 heterocycles. The Morgan fingerprint density at radius 3 is 1.18 bits per heavy atom. The summed E-state index contributed by atoms with van der Waals surface area (Å²) in [5, 5.41) is 8.75. The first-order valence-electron chi connectivity index (χ1n) is 18.0. The highest BCUT2D eigenvalue weighted by molar-refractivity contribution is 9.10. The highest BCUT2D eigenvalue weighted by atomic mass is 79.9. The molecule has 8 aromatic rings. The lowest BCUT2D eigenvalue weighted by Gasteiger charge is -2.33. The number of fused-ring (bicyclic) bond motifs is 10. The molecular weight excluding hydrogens is 734 g/mol. The van der Waals surface area contributed by atoms with E-state index in [0.717, 1.165) is 8.95 Å². The minimum absolute atomic E-state index is 0.223. The number of hydrogen-bond donors (Lipinski definition) is 0. The van der Waals surface area contributed by atoms with Crippen molar-refractivity contribution in [1.29, 1.82) is 0 Å². The predicted molar refractivity (Wildman–Crippen MR) is 225 cm³/mol. The van der Waals surface area contributed by atoms with Crippen molar-refractivity contribution >= 4 is 110 Å². The van der Waals surface area contributed by atoms with Gasteiger partial charge in [0.25, 0.3) is 0 Å². The second kappa shape index (κ2) is 9.40. The van der Waals surface area contributed by atoms with Gasteiger partial charge in [0.05, 0.1) is 0 Å². The summed E-state index contributed by atoms with van der Waals surface area (Å²) in [6.07, 6.45) is 0. The van der Waals surface area contributed by atoms with Gasteiger partial charge in [-0.15, -0.1) is 0 Å². The second-order valence-corrected chi connectivity index (χ2v) is 17.6. The van der Waals surface area contributed by atoms with E-state index in [4.69, 9.17) is 0 Å². The lowest BCUT2D eigenvalue weighted by Crippen LogP contribution is -2.53. The fourth-order valence-corrected chi connectivity index (χ4v) is 11.8. The van der Waals surface area contributed by atoms with E-state index >= 15 is 0 Å². The van der Waals surface area contributed by atoms with Gasteiger partial charge in [-0.1, -0.05) is 153 Å². The Labute approximate surface area is 309 Å². The van der Waals surface area contributed by atoms with Crippen LogP contribution in [0, 0.1) is 0 Å². The van der Waals surface area contributed by atoms with Crippen LogP contribution in [0.25, 0.3) is 76.8 Å². The number of hydrogen-bond acceptors (Lipinski definition) is 0. The molecule has 8 aromatic carbocycles. The minimum atomic E-state index is 0.223. The molecule has 0 aromatic heterocycles. The van der Waals surface area contributed by atoms with E-state index in [-0.39, 0.29) is 13.4 Å². The van der Waals surface area contributed by atoms with E-state index in [1.165, 1.54) is 121 Å². The zero-order chi connectivity index (χ0) is 33.5. The summed E-state index contributed by atoms with van der Waals surface area (Å²) in [5.74, 6) is 0.757. The molecule has 4 aliphatic rings. The summed E-state index contributed by atoms with van der Waals surface area (Å²) in [7, 11) is 0. The molecule has 4 aliphatic heterocycles. The Balaban J connectivity index is 1.35.